The smallest absolute Gasteiger partial charge is 0.242 e. The van der Waals surface area contributed by atoms with Crippen molar-refractivity contribution in [2.75, 3.05) is 6.61 Å². The number of aliphatic hydroxyl groups is 1. The third-order valence-electron chi connectivity index (χ3n) is 2.70. The first kappa shape index (κ1) is 15.2. The standard InChI is InChI=1S/C13H14N4O3S/c1-17-10-14-16-13(17)9-15-21(19,20)12-7-3-2-5-11(12)6-4-8-18/h2-3,5,7,10,15,18H,8-9H2,1H3. The SMILES string of the molecule is Cn1cnnc1CNS(=O)(=O)c1ccccc1C#CCO. The summed E-state index contributed by atoms with van der Waals surface area (Å²) in [5.41, 5.74) is 0.331. The number of benzene rings is 1. The number of sulfonamides is 1. The van der Waals surface area contributed by atoms with Gasteiger partial charge in [-0.25, -0.2) is 13.1 Å². The van der Waals surface area contributed by atoms with Crippen molar-refractivity contribution < 1.29 is 13.5 Å². The van der Waals surface area contributed by atoms with E-state index in [1.165, 1.54) is 12.4 Å². The Kier molecular flexibility index (Phi) is 4.70. The molecule has 8 heteroatoms. The highest BCUT2D eigenvalue weighted by atomic mass is 32.2. The monoisotopic (exact) mass is 306 g/mol. The molecule has 0 aliphatic carbocycles. The first-order valence-electron chi connectivity index (χ1n) is 6.06. The fraction of sp³-hybridized carbons (Fsp3) is 0.231. The summed E-state index contributed by atoms with van der Waals surface area (Å²) in [7, 11) is -2.00. The average molecular weight is 306 g/mol. The third-order valence-corrected chi connectivity index (χ3v) is 4.16. The highest BCUT2D eigenvalue weighted by Crippen LogP contribution is 2.14. The van der Waals surface area contributed by atoms with Crippen LogP contribution in [0.25, 0.3) is 0 Å². The van der Waals surface area contributed by atoms with E-state index in [4.69, 9.17) is 5.11 Å². The van der Waals surface area contributed by atoms with Crippen molar-refractivity contribution in [1.82, 2.24) is 19.5 Å². The summed E-state index contributed by atoms with van der Waals surface area (Å²) in [6, 6.07) is 6.34. The lowest BCUT2D eigenvalue weighted by Crippen LogP contribution is -2.25. The maximum atomic E-state index is 12.3. The molecule has 0 spiro atoms. The summed E-state index contributed by atoms with van der Waals surface area (Å²) in [4.78, 5) is 0.0631. The predicted molar refractivity (Wildman–Crippen MR) is 75.4 cm³/mol. The van der Waals surface area contributed by atoms with Gasteiger partial charge in [0.15, 0.2) is 0 Å². The molecule has 0 saturated heterocycles. The number of aryl methyl sites for hydroxylation is 1. The van der Waals surface area contributed by atoms with Gasteiger partial charge in [0.05, 0.1) is 11.4 Å². The summed E-state index contributed by atoms with van der Waals surface area (Å²) in [5, 5.41) is 16.2. The molecule has 1 heterocycles. The van der Waals surface area contributed by atoms with Crippen molar-refractivity contribution in [2.45, 2.75) is 11.4 Å². The molecule has 7 nitrogen and oxygen atoms in total. The van der Waals surface area contributed by atoms with Crippen LogP contribution in [0.2, 0.25) is 0 Å². The minimum Gasteiger partial charge on any atom is -0.384 e. The van der Waals surface area contributed by atoms with Gasteiger partial charge in [0.25, 0.3) is 0 Å². The fourth-order valence-corrected chi connectivity index (χ4v) is 2.78. The van der Waals surface area contributed by atoms with Crippen LogP contribution in [0.5, 0.6) is 0 Å². The van der Waals surface area contributed by atoms with Crippen molar-refractivity contribution in [2.24, 2.45) is 7.05 Å². The molecule has 0 bridgehead atoms. The summed E-state index contributed by atoms with van der Waals surface area (Å²) >= 11 is 0. The normalized spacial score (nSPS) is 11.0. The van der Waals surface area contributed by atoms with Gasteiger partial charge in [-0.05, 0) is 12.1 Å². The highest BCUT2D eigenvalue weighted by molar-refractivity contribution is 7.89. The van der Waals surface area contributed by atoms with E-state index in [2.05, 4.69) is 26.8 Å². The van der Waals surface area contributed by atoms with Crippen LogP contribution in [-0.4, -0.2) is 34.9 Å². The summed E-state index contributed by atoms with van der Waals surface area (Å²) in [6.07, 6.45) is 1.49. The molecule has 1 aromatic carbocycles. The molecule has 0 amide bonds. The fourth-order valence-electron chi connectivity index (χ4n) is 1.64. The largest absolute Gasteiger partial charge is 0.384 e. The molecule has 0 saturated carbocycles. The second kappa shape index (κ2) is 6.49. The van der Waals surface area contributed by atoms with Gasteiger partial charge < -0.3 is 9.67 Å². The Morgan fingerprint density at radius 1 is 1.38 bits per heavy atom. The Morgan fingerprint density at radius 3 is 2.81 bits per heavy atom. The van der Waals surface area contributed by atoms with Gasteiger partial charge in [-0.15, -0.1) is 10.2 Å². The van der Waals surface area contributed by atoms with Gasteiger partial charge in [-0.2, -0.15) is 0 Å². The quantitative estimate of drug-likeness (QED) is 0.752. The van der Waals surface area contributed by atoms with Gasteiger partial charge in [-0.3, -0.25) is 0 Å². The summed E-state index contributed by atoms with van der Waals surface area (Å²) < 4.78 is 28.7. The number of nitrogens with zero attached hydrogens (tertiary/aromatic N) is 3. The van der Waals surface area contributed by atoms with Crippen LogP contribution in [0.1, 0.15) is 11.4 Å². The molecule has 2 N–H and O–H groups in total. The highest BCUT2D eigenvalue weighted by Gasteiger charge is 2.18. The molecule has 0 radical (unpaired) electrons. The average Bonchev–Trinajstić information content (AvgIpc) is 2.89. The second-order valence-electron chi connectivity index (χ2n) is 4.14. The number of hydrogen-bond donors (Lipinski definition) is 2. The number of nitrogens with one attached hydrogen (secondary N) is 1. The van der Waals surface area contributed by atoms with Crippen LogP contribution < -0.4 is 4.72 Å². The molecule has 21 heavy (non-hydrogen) atoms. The minimum atomic E-state index is -3.73. The Balaban J connectivity index is 2.26. The summed E-state index contributed by atoms with van der Waals surface area (Å²) in [6.45, 7) is -0.304. The molecule has 2 rings (SSSR count). The van der Waals surface area contributed by atoms with Gasteiger partial charge in [-0.1, -0.05) is 24.0 Å². The Hall–Kier alpha value is -2.21. The molecule has 0 fully saturated rings. The van der Waals surface area contributed by atoms with Gasteiger partial charge >= 0.3 is 0 Å². The van der Waals surface area contributed by atoms with Crippen molar-refractivity contribution in [1.29, 1.82) is 0 Å². The van der Waals surface area contributed by atoms with E-state index < -0.39 is 10.0 Å². The van der Waals surface area contributed by atoms with Crippen molar-refractivity contribution >= 4 is 10.0 Å². The van der Waals surface area contributed by atoms with E-state index >= 15 is 0 Å². The zero-order valence-electron chi connectivity index (χ0n) is 11.3. The zero-order chi connectivity index (χ0) is 15.3. The number of aromatic nitrogens is 3. The first-order chi connectivity index (χ1) is 10.0. The zero-order valence-corrected chi connectivity index (χ0v) is 12.1. The van der Waals surface area contributed by atoms with Gasteiger partial charge in [0.2, 0.25) is 10.0 Å². The predicted octanol–water partition coefficient (Wildman–Crippen LogP) is -0.363. The molecule has 0 atom stereocenters. The van der Waals surface area contributed by atoms with E-state index in [1.54, 1.807) is 29.8 Å². The van der Waals surface area contributed by atoms with Crippen LogP contribution >= 0.6 is 0 Å². The van der Waals surface area contributed by atoms with E-state index in [9.17, 15) is 8.42 Å². The Morgan fingerprint density at radius 2 is 2.14 bits per heavy atom. The van der Waals surface area contributed by atoms with Crippen LogP contribution in [-0.2, 0) is 23.6 Å². The van der Waals surface area contributed by atoms with Gasteiger partial charge in [0, 0.05) is 12.6 Å². The molecule has 0 unspecified atom stereocenters. The lowest BCUT2D eigenvalue weighted by atomic mass is 10.2. The molecular formula is C13H14N4O3S. The molecule has 0 aliphatic rings. The van der Waals surface area contributed by atoms with Crippen LogP contribution in [0, 0.1) is 11.8 Å². The number of rotatable bonds is 4. The minimum absolute atomic E-state index is 0.0284. The third kappa shape index (κ3) is 3.66. The summed E-state index contributed by atoms with van der Waals surface area (Å²) in [5.74, 6) is 5.56. The number of hydrogen-bond acceptors (Lipinski definition) is 5. The maximum absolute atomic E-state index is 12.3. The molecule has 110 valence electrons. The van der Waals surface area contributed by atoms with Crippen molar-refractivity contribution in [3.63, 3.8) is 0 Å². The molecular weight excluding hydrogens is 292 g/mol. The van der Waals surface area contributed by atoms with E-state index in [-0.39, 0.29) is 18.0 Å². The van der Waals surface area contributed by atoms with Crippen LogP contribution in [0.15, 0.2) is 35.5 Å². The Labute approximate surface area is 122 Å². The topological polar surface area (TPSA) is 97.1 Å². The lowest BCUT2D eigenvalue weighted by molar-refractivity contribution is 0.350. The maximum Gasteiger partial charge on any atom is 0.242 e. The van der Waals surface area contributed by atoms with E-state index in [0.717, 1.165) is 0 Å². The van der Waals surface area contributed by atoms with Crippen LogP contribution in [0.4, 0.5) is 0 Å². The Bertz CT molecular complexity index is 787. The van der Waals surface area contributed by atoms with Gasteiger partial charge in [0.1, 0.15) is 18.8 Å². The number of aliphatic hydroxyl groups excluding tert-OH is 1. The van der Waals surface area contributed by atoms with Crippen molar-refractivity contribution in [3.05, 3.63) is 42.0 Å². The van der Waals surface area contributed by atoms with Crippen LogP contribution in [0.3, 0.4) is 0 Å². The second-order valence-corrected chi connectivity index (χ2v) is 5.87. The molecule has 0 aliphatic heterocycles. The van der Waals surface area contributed by atoms with E-state index in [0.29, 0.717) is 11.4 Å². The first-order valence-corrected chi connectivity index (χ1v) is 7.54. The van der Waals surface area contributed by atoms with Crippen molar-refractivity contribution in [3.8, 4) is 11.8 Å². The molecule has 1 aromatic heterocycles. The lowest BCUT2D eigenvalue weighted by Gasteiger charge is -2.08. The molecule has 2 aromatic rings. The van der Waals surface area contributed by atoms with E-state index in [1.807, 2.05) is 0 Å².